The van der Waals surface area contributed by atoms with Crippen molar-refractivity contribution in [3.05, 3.63) is 114 Å². The Morgan fingerprint density at radius 2 is 1.25 bits per heavy atom. The number of pyridine rings is 1. The Hall–Kier alpha value is -3.01. The summed E-state index contributed by atoms with van der Waals surface area (Å²) in [6.45, 7) is 2.08. The maximum atomic E-state index is 10.9. The molecule has 3 aromatic carbocycles. The second-order valence-electron chi connectivity index (χ2n) is 7.09. The van der Waals surface area contributed by atoms with Crippen molar-refractivity contribution in [2.24, 2.45) is 0 Å². The maximum absolute atomic E-state index is 10.9. The number of nitrogens with zero attached hydrogens (tertiary/aromatic N) is 2. The van der Waals surface area contributed by atoms with Gasteiger partial charge in [-0.2, -0.15) is 0 Å². The van der Waals surface area contributed by atoms with Crippen molar-refractivity contribution in [3.63, 3.8) is 0 Å². The first-order chi connectivity index (χ1) is 13.8. The van der Waals surface area contributed by atoms with Crippen molar-refractivity contribution < 1.29 is 5.11 Å². The van der Waals surface area contributed by atoms with Crippen molar-refractivity contribution in [3.8, 4) is 0 Å². The fourth-order valence-electron chi connectivity index (χ4n) is 3.47. The van der Waals surface area contributed by atoms with Gasteiger partial charge in [0.25, 0.3) is 0 Å². The van der Waals surface area contributed by atoms with Crippen molar-refractivity contribution in [1.82, 2.24) is 9.88 Å². The maximum Gasteiger partial charge on any atom is 0.109 e. The number of hydrogen-bond acceptors (Lipinski definition) is 3. The first-order valence-electron chi connectivity index (χ1n) is 9.62. The molecule has 4 rings (SSSR count). The summed E-state index contributed by atoms with van der Waals surface area (Å²) in [7, 11) is 0. The van der Waals surface area contributed by atoms with Gasteiger partial charge in [-0.1, -0.05) is 84.9 Å². The summed E-state index contributed by atoms with van der Waals surface area (Å²) in [5.74, 6) is 0. The molecule has 1 atom stereocenters. The largest absolute Gasteiger partial charge is 0.385 e. The highest BCUT2D eigenvalue weighted by molar-refractivity contribution is 5.78. The molecule has 0 amide bonds. The van der Waals surface area contributed by atoms with Gasteiger partial charge in [0.1, 0.15) is 6.10 Å². The van der Waals surface area contributed by atoms with Crippen LogP contribution in [0, 0.1) is 0 Å². The summed E-state index contributed by atoms with van der Waals surface area (Å²) in [5, 5.41) is 12.0. The first-order valence-corrected chi connectivity index (χ1v) is 9.62. The second-order valence-corrected chi connectivity index (χ2v) is 7.09. The van der Waals surface area contributed by atoms with E-state index in [-0.39, 0.29) is 0 Å². The standard InChI is InChI=1S/C25H24N2O/c28-25(24-16-15-22-13-7-8-14-23(22)26-24)19-27(17-20-9-3-1-4-10-20)18-21-11-5-2-6-12-21/h1-16,25,28H,17-19H2. The van der Waals surface area contributed by atoms with Crippen LogP contribution in [0.2, 0.25) is 0 Å². The minimum Gasteiger partial charge on any atom is -0.385 e. The number of aliphatic hydroxyl groups is 1. The first kappa shape index (κ1) is 18.4. The molecule has 4 aromatic rings. The van der Waals surface area contributed by atoms with Crippen LogP contribution in [0.15, 0.2) is 97.1 Å². The van der Waals surface area contributed by atoms with E-state index >= 15 is 0 Å². The fourth-order valence-corrected chi connectivity index (χ4v) is 3.47. The van der Waals surface area contributed by atoms with E-state index in [0.717, 1.165) is 24.0 Å². The van der Waals surface area contributed by atoms with Crippen LogP contribution in [0.3, 0.4) is 0 Å². The number of rotatable bonds is 7. The number of fused-ring (bicyclic) bond motifs is 1. The molecule has 1 N–H and O–H groups in total. The molecule has 140 valence electrons. The molecule has 0 fully saturated rings. The van der Waals surface area contributed by atoms with Gasteiger partial charge in [0.2, 0.25) is 0 Å². The highest BCUT2D eigenvalue weighted by atomic mass is 16.3. The molecule has 3 nitrogen and oxygen atoms in total. The average molecular weight is 368 g/mol. The predicted molar refractivity (Wildman–Crippen MR) is 114 cm³/mol. The number of aliphatic hydroxyl groups excluding tert-OH is 1. The van der Waals surface area contributed by atoms with Crippen LogP contribution in [0.5, 0.6) is 0 Å². The summed E-state index contributed by atoms with van der Waals surface area (Å²) >= 11 is 0. The monoisotopic (exact) mass is 368 g/mol. The van der Waals surface area contributed by atoms with Crippen LogP contribution in [0.4, 0.5) is 0 Å². The topological polar surface area (TPSA) is 36.4 Å². The number of aromatic nitrogens is 1. The normalized spacial score (nSPS) is 12.4. The lowest BCUT2D eigenvalue weighted by Crippen LogP contribution is -2.28. The molecule has 0 bridgehead atoms. The van der Waals surface area contributed by atoms with E-state index in [2.05, 4.69) is 58.4 Å². The lowest BCUT2D eigenvalue weighted by molar-refractivity contribution is 0.102. The van der Waals surface area contributed by atoms with Gasteiger partial charge in [-0.25, -0.2) is 0 Å². The Balaban J connectivity index is 1.54. The van der Waals surface area contributed by atoms with Gasteiger partial charge in [0.15, 0.2) is 0 Å². The van der Waals surface area contributed by atoms with Gasteiger partial charge >= 0.3 is 0 Å². The van der Waals surface area contributed by atoms with E-state index in [9.17, 15) is 5.11 Å². The second kappa shape index (κ2) is 8.79. The molecule has 28 heavy (non-hydrogen) atoms. The SMILES string of the molecule is OC(CN(Cc1ccccc1)Cc1ccccc1)c1ccc2ccccc2n1. The molecular formula is C25H24N2O. The van der Waals surface area contributed by atoms with Crippen LogP contribution in [0.25, 0.3) is 10.9 Å². The van der Waals surface area contributed by atoms with E-state index < -0.39 is 6.10 Å². The van der Waals surface area contributed by atoms with E-state index in [0.29, 0.717) is 12.2 Å². The van der Waals surface area contributed by atoms with Crippen LogP contribution < -0.4 is 0 Å². The Morgan fingerprint density at radius 1 is 0.679 bits per heavy atom. The summed E-state index contributed by atoms with van der Waals surface area (Å²) in [6.07, 6.45) is -0.642. The van der Waals surface area contributed by atoms with E-state index in [1.165, 1.54) is 11.1 Å². The van der Waals surface area contributed by atoms with Crippen LogP contribution in [0.1, 0.15) is 22.9 Å². The zero-order valence-corrected chi connectivity index (χ0v) is 15.8. The third-order valence-corrected chi connectivity index (χ3v) is 4.89. The van der Waals surface area contributed by atoms with Crippen molar-refractivity contribution in [1.29, 1.82) is 0 Å². The molecular weight excluding hydrogens is 344 g/mol. The zero-order chi connectivity index (χ0) is 19.2. The summed E-state index contributed by atoms with van der Waals surface area (Å²) in [5.41, 5.74) is 4.09. The summed E-state index contributed by atoms with van der Waals surface area (Å²) in [4.78, 5) is 6.94. The highest BCUT2D eigenvalue weighted by Crippen LogP contribution is 2.20. The molecule has 0 radical (unpaired) electrons. The smallest absolute Gasteiger partial charge is 0.109 e. The number of hydrogen-bond donors (Lipinski definition) is 1. The van der Waals surface area contributed by atoms with Crippen molar-refractivity contribution >= 4 is 10.9 Å². The van der Waals surface area contributed by atoms with E-state index in [1.54, 1.807) is 0 Å². The van der Waals surface area contributed by atoms with Gasteiger partial charge in [0, 0.05) is 25.0 Å². The Bertz CT molecular complexity index is 977. The third kappa shape index (κ3) is 4.63. The van der Waals surface area contributed by atoms with Gasteiger partial charge in [-0.3, -0.25) is 9.88 Å². The molecule has 0 aliphatic rings. The number of benzene rings is 3. The van der Waals surface area contributed by atoms with Crippen molar-refractivity contribution in [2.75, 3.05) is 6.54 Å². The summed E-state index contributed by atoms with van der Waals surface area (Å²) < 4.78 is 0. The highest BCUT2D eigenvalue weighted by Gasteiger charge is 2.16. The minimum atomic E-state index is -0.642. The Morgan fingerprint density at radius 3 is 1.89 bits per heavy atom. The average Bonchev–Trinajstić information content (AvgIpc) is 2.75. The molecule has 0 saturated carbocycles. The molecule has 1 unspecified atom stereocenters. The Labute approximate surface area is 165 Å². The molecule has 0 aliphatic heterocycles. The molecule has 3 heteroatoms. The van der Waals surface area contributed by atoms with Gasteiger partial charge < -0.3 is 5.11 Å². The molecule has 0 spiro atoms. The molecule has 1 aromatic heterocycles. The molecule has 0 aliphatic carbocycles. The van der Waals surface area contributed by atoms with Gasteiger partial charge in [0.05, 0.1) is 11.2 Å². The van der Waals surface area contributed by atoms with Gasteiger partial charge in [-0.15, -0.1) is 0 Å². The predicted octanol–water partition coefficient (Wildman–Crippen LogP) is 4.97. The Kier molecular flexibility index (Phi) is 5.76. The van der Waals surface area contributed by atoms with E-state index in [4.69, 9.17) is 0 Å². The lowest BCUT2D eigenvalue weighted by atomic mass is 10.1. The van der Waals surface area contributed by atoms with Crippen molar-refractivity contribution in [2.45, 2.75) is 19.2 Å². The number of para-hydroxylation sites is 1. The quantitative estimate of drug-likeness (QED) is 0.500. The van der Waals surface area contributed by atoms with Crippen LogP contribution >= 0.6 is 0 Å². The summed E-state index contributed by atoms with van der Waals surface area (Å²) in [6, 6.07) is 32.7. The van der Waals surface area contributed by atoms with Crippen LogP contribution in [-0.2, 0) is 13.1 Å². The third-order valence-electron chi connectivity index (χ3n) is 4.89. The zero-order valence-electron chi connectivity index (χ0n) is 15.8. The van der Waals surface area contributed by atoms with Gasteiger partial charge in [-0.05, 0) is 23.3 Å². The fraction of sp³-hybridized carbons (Fsp3) is 0.160. The van der Waals surface area contributed by atoms with Crippen LogP contribution in [-0.4, -0.2) is 21.5 Å². The molecule has 1 heterocycles. The van der Waals surface area contributed by atoms with E-state index in [1.807, 2.05) is 48.5 Å². The molecule has 0 saturated heterocycles. The lowest BCUT2D eigenvalue weighted by Gasteiger charge is -2.25. The minimum absolute atomic E-state index is 0.523.